The molecule has 0 saturated heterocycles. The highest BCUT2D eigenvalue weighted by Gasteiger charge is 2.17. The van der Waals surface area contributed by atoms with Crippen molar-refractivity contribution in [2.45, 2.75) is 18.0 Å². The SMILES string of the molecule is CS(=O)(=O)c1ccc(-c2cnn(Cc3ccc(CO[N+](=O)[O-])cc3)c(=O)c2-c2ccc(F)cc2)cc1. The van der Waals surface area contributed by atoms with Gasteiger partial charge in [0.1, 0.15) is 12.4 Å². The van der Waals surface area contributed by atoms with Crippen LogP contribution in [0.4, 0.5) is 4.39 Å². The Morgan fingerprint density at radius 2 is 1.53 bits per heavy atom. The number of benzene rings is 3. The fourth-order valence-electron chi connectivity index (χ4n) is 3.64. The molecule has 4 aromatic rings. The molecule has 0 unspecified atom stereocenters. The highest BCUT2D eigenvalue weighted by atomic mass is 32.2. The molecule has 0 aliphatic carbocycles. The number of nitrogens with zero attached hydrogens (tertiary/aromatic N) is 3. The highest BCUT2D eigenvalue weighted by Crippen LogP contribution is 2.30. The number of sulfone groups is 1. The maximum absolute atomic E-state index is 13.6. The molecule has 0 radical (unpaired) electrons. The Morgan fingerprint density at radius 1 is 0.944 bits per heavy atom. The molecule has 4 rings (SSSR count). The molecule has 1 heterocycles. The van der Waals surface area contributed by atoms with Gasteiger partial charge in [0.25, 0.3) is 10.6 Å². The summed E-state index contributed by atoms with van der Waals surface area (Å²) in [7, 11) is -3.39. The quantitative estimate of drug-likeness (QED) is 0.261. The van der Waals surface area contributed by atoms with E-state index in [9.17, 15) is 27.7 Å². The van der Waals surface area contributed by atoms with Crippen LogP contribution in [0.3, 0.4) is 0 Å². The van der Waals surface area contributed by atoms with E-state index in [1.807, 2.05) is 0 Å². The van der Waals surface area contributed by atoms with Gasteiger partial charge in [-0.15, -0.1) is 10.1 Å². The molecule has 0 spiro atoms. The molecule has 0 atom stereocenters. The van der Waals surface area contributed by atoms with Gasteiger partial charge in [0.2, 0.25) is 0 Å². The summed E-state index contributed by atoms with van der Waals surface area (Å²) in [6, 6.07) is 18.3. The van der Waals surface area contributed by atoms with E-state index in [0.29, 0.717) is 22.3 Å². The first-order valence-electron chi connectivity index (χ1n) is 10.6. The number of rotatable bonds is 8. The van der Waals surface area contributed by atoms with Gasteiger partial charge in [-0.25, -0.2) is 17.5 Å². The van der Waals surface area contributed by atoms with Crippen LogP contribution in [0.2, 0.25) is 0 Å². The van der Waals surface area contributed by atoms with E-state index in [0.717, 1.165) is 11.8 Å². The van der Waals surface area contributed by atoms with Crippen molar-refractivity contribution in [2.75, 3.05) is 6.26 Å². The summed E-state index contributed by atoms with van der Waals surface area (Å²) < 4.78 is 38.5. The van der Waals surface area contributed by atoms with Gasteiger partial charge >= 0.3 is 0 Å². The maximum atomic E-state index is 13.6. The summed E-state index contributed by atoms with van der Waals surface area (Å²) in [5, 5.41) is 13.8. The lowest BCUT2D eigenvalue weighted by Crippen LogP contribution is -2.25. The molecule has 0 aliphatic heterocycles. The van der Waals surface area contributed by atoms with Crippen molar-refractivity contribution in [3.63, 3.8) is 0 Å². The van der Waals surface area contributed by atoms with E-state index in [1.54, 1.807) is 36.4 Å². The normalized spacial score (nSPS) is 11.3. The van der Waals surface area contributed by atoms with Gasteiger partial charge in [-0.05, 0) is 46.5 Å². The smallest absolute Gasteiger partial charge is 0.294 e. The molecule has 9 nitrogen and oxygen atoms in total. The monoisotopic (exact) mass is 509 g/mol. The summed E-state index contributed by atoms with van der Waals surface area (Å²) in [4.78, 5) is 28.4. The Kier molecular flexibility index (Phi) is 6.93. The lowest BCUT2D eigenvalue weighted by atomic mass is 9.97. The van der Waals surface area contributed by atoms with Crippen molar-refractivity contribution in [2.24, 2.45) is 0 Å². The van der Waals surface area contributed by atoms with Crippen molar-refractivity contribution < 1.29 is 22.7 Å². The third-order valence-electron chi connectivity index (χ3n) is 5.46. The zero-order valence-corrected chi connectivity index (χ0v) is 19.8. The Bertz CT molecular complexity index is 1570. The molecule has 0 aliphatic rings. The first-order valence-corrected chi connectivity index (χ1v) is 12.5. The van der Waals surface area contributed by atoms with Gasteiger partial charge in [0.15, 0.2) is 9.84 Å². The van der Waals surface area contributed by atoms with Crippen molar-refractivity contribution in [3.8, 4) is 22.3 Å². The van der Waals surface area contributed by atoms with Crippen LogP contribution in [0.1, 0.15) is 11.1 Å². The van der Waals surface area contributed by atoms with Crippen molar-refractivity contribution >= 4 is 9.84 Å². The standard InChI is InChI=1S/C25H20FN3O6S/c1-36(33,34)22-12-8-19(9-13-22)23-14-27-28(25(30)24(23)20-6-10-21(26)11-7-20)15-17-2-4-18(5-3-17)16-35-29(31)32/h2-14H,15-16H2,1H3. The lowest BCUT2D eigenvalue weighted by Gasteiger charge is -2.13. The Hall–Kier alpha value is -4.38. The van der Waals surface area contributed by atoms with E-state index in [4.69, 9.17) is 0 Å². The molecule has 0 saturated carbocycles. The van der Waals surface area contributed by atoms with Crippen LogP contribution < -0.4 is 5.56 Å². The number of halogens is 1. The predicted octanol–water partition coefficient (Wildman–Crippen LogP) is 3.88. The minimum atomic E-state index is -3.39. The predicted molar refractivity (Wildman–Crippen MR) is 130 cm³/mol. The van der Waals surface area contributed by atoms with Crippen LogP contribution in [0, 0.1) is 15.9 Å². The summed E-state index contributed by atoms with van der Waals surface area (Å²) >= 11 is 0. The van der Waals surface area contributed by atoms with Gasteiger partial charge < -0.3 is 4.84 Å². The number of hydrogen-bond donors (Lipinski definition) is 0. The fraction of sp³-hybridized carbons (Fsp3) is 0.120. The molecule has 11 heteroatoms. The average Bonchev–Trinajstić information content (AvgIpc) is 2.85. The van der Waals surface area contributed by atoms with Gasteiger partial charge in [-0.2, -0.15) is 5.10 Å². The first kappa shape index (κ1) is 24.7. The summed E-state index contributed by atoms with van der Waals surface area (Å²) in [6.45, 7) is -0.0658. The van der Waals surface area contributed by atoms with Gasteiger partial charge in [-0.1, -0.05) is 48.5 Å². The Labute approximate surface area is 205 Å². The average molecular weight is 510 g/mol. The summed E-state index contributed by atoms with van der Waals surface area (Å²) in [5.74, 6) is -0.451. The number of hydrogen-bond acceptors (Lipinski definition) is 7. The zero-order chi connectivity index (χ0) is 25.9. The third kappa shape index (κ3) is 5.63. The van der Waals surface area contributed by atoms with E-state index in [-0.39, 0.29) is 23.6 Å². The summed E-state index contributed by atoms with van der Waals surface area (Å²) in [6.07, 6.45) is 2.62. The van der Waals surface area contributed by atoms with Crippen LogP contribution >= 0.6 is 0 Å². The largest absolute Gasteiger partial charge is 0.309 e. The maximum Gasteiger partial charge on any atom is 0.294 e. The third-order valence-corrected chi connectivity index (χ3v) is 6.59. The van der Waals surface area contributed by atoms with Crippen LogP contribution in [-0.4, -0.2) is 29.5 Å². The fourth-order valence-corrected chi connectivity index (χ4v) is 4.27. The van der Waals surface area contributed by atoms with E-state index in [1.165, 1.54) is 47.3 Å². The summed E-state index contributed by atoms with van der Waals surface area (Å²) in [5.41, 5.74) is 2.70. The Morgan fingerprint density at radius 3 is 2.11 bits per heavy atom. The van der Waals surface area contributed by atoms with E-state index in [2.05, 4.69) is 9.94 Å². The van der Waals surface area contributed by atoms with E-state index >= 15 is 0 Å². The van der Waals surface area contributed by atoms with Gasteiger partial charge in [0.05, 0.1) is 23.2 Å². The van der Waals surface area contributed by atoms with Gasteiger partial charge in [-0.3, -0.25) is 4.79 Å². The molecule has 0 N–H and O–H groups in total. The molecular weight excluding hydrogens is 489 g/mol. The van der Waals surface area contributed by atoms with E-state index < -0.39 is 26.3 Å². The minimum Gasteiger partial charge on any atom is -0.309 e. The lowest BCUT2D eigenvalue weighted by molar-refractivity contribution is -0.763. The van der Waals surface area contributed by atoms with Crippen molar-refractivity contribution in [1.82, 2.24) is 9.78 Å². The van der Waals surface area contributed by atoms with Crippen molar-refractivity contribution in [1.29, 1.82) is 0 Å². The molecule has 1 aromatic heterocycles. The second kappa shape index (κ2) is 10.1. The molecule has 0 bridgehead atoms. The van der Waals surface area contributed by atoms with Crippen LogP contribution in [0.15, 0.2) is 88.7 Å². The van der Waals surface area contributed by atoms with Crippen LogP contribution in [0.5, 0.6) is 0 Å². The second-order valence-corrected chi connectivity index (χ2v) is 10.0. The zero-order valence-electron chi connectivity index (χ0n) is 19.0. The van der Waals surface area contributed by atoms with Crippen LogP contribution in [0.25, 0.3) is 22.3 Å². The highest BCUT2D eigenvalue weighted by molar-refractivity contribution is 7.90. The van der Waals surface area contributed by atoms with Gasteiger partial charge in [0, 0.05) is 11.8 Å². The number of aromatic nitrogens is 2. The molecule has 0 fully saturated rings. The first-order chi connectivity index (χ1) is 17.1. The molecule has 184 valence electrons. The minimum absolute atomic E-state index is 0.122. The Balaban J connectivity index is 1.74. The van der Waals surface area contributed by atoms with Crippen molar-refractivity contribution in [3.05, 3.63) is 116 Å². The molecule has 0 amide bonds. The molecular formula is C25H20FN3O6S. The molecule has 36 heavy (non-hydrogen) atoms. The molecule has 3 aromatic carbocycles. The van der Waals surface area contributed by atoms with Crippen LogP contribution in [-0.2, 0) is 27.8 Å². The topological polar surface area (TPSA) is 121 Å². The second-order valence-electron chi connectivity index (χ2n) is 8.01.